The molecule has 0 bridgehead atoms. The number of sulfone groups is 1. The van der Waals surface area contributed by atoms with Crippen molar-refractivity contribution in [3.8, 4) is 0 Å². The lowest BCUT2D eigenvalue weighted by Gasteiger charge is -2.29. The summed E-state index contributed by atoms with van der Waals surface area (Å²) in [6.07, 6.45) is 2.78. The highest BCUT2D eigenvalue weighted by Crippen LogP contribution is 2.30. The van der Waals surface area contributed by atoms with E-state index in [4.69, 9.17) is 0 Å². The van der Waals surface area contributed by atoms with Crippen molar-refractivity contribution in [2.24, 2.45) is 0 Å². The van der Waals surface area contributed by atoms with E-state index in [9.17, 15) is 13.2 Å². The molecule has 0 N–H and O–H groups in total. The molecule has 0 spiro atoms. The highest BCUT2D eigenvalue weighted by molar-refractivity contribution is 7.90. The monoisotopic (exact) mass is 399 g/mol. The average molecular weight is 399 g/mol. The first kappa shape index (κ1) is 18.5. The van der Waals surface area contributed by atoms with Crippen molar-refractivity contribution in [3.63, 3.8) is 0 Å². The number of hydrogen-bond donors (Lipinski definition) is 0. The molecule has 0 saturated carbocycles. The van der Waals surface area contributed by atoms with Gasteiger partial charge in [0.15, 0.2) is 15.7 Å². The second-order valence-electron chi connectivity index (χ2n) is 7.17. The second kappa shape index (κ2) is 6.66. The van der Waals surface area contributed by atoms with Crippen LogP contribution < -0.4 is 4.90 Å². The second-order valence-corrected chi connectivity index (χ2v) is 9.18. The first-order valence-electron chi connectivity index (χ1n) is 9.05. The minimum atomic E-state index is -3.28. The van der Waals surface area contributed by atoms with Crippen LogP contribution in [0.1, 0.15) is 29.2 Å². The average Bonchev–Trinajstić information content (AvgIpc) is 3.02. The van der Waals surface area contributed by atoms with E-state index in [1.54, 1.807) is 27.6 Å². The largest absolute Gasteiger partial charge is 0.312 e. The predicted molar refractivity (Wildman–Crippen MR) is 104 cm³/mol. The summed E-state index contributed by atoms with van der Waals surface area (Å²) in [5.74, 6) is 0.793. The van der Waals surface area contributed by atoms with Crippen LogP contribution in [0.15, 0.2) is 29.2 Å². The van der Waals surface area contributed by atoms with Crippen LogP contribution in [0.2, 0.25) is 0 Å². The number of hydrogen-bond acceptors (Lipinski definition) is 6. The molecule has 8 nitrogen and oxygen atoms in total. The van der Waals surface area contributed by atoms with Gasteiger partial charge >= 0.3 is 0 Å². The number of fused-ring (bicyclic) bond motifs is 2. The Morgan fingerprint density at radius 1 is 1.18 bits per heavy atom. The smallest absolute Gasteiger partial charge is 0.252 e. The van der Waals surface area contributed by atoms with Gasteiger partial charge in [0.1, 0.15) is 0 Å². The molecule has 1 aromatic carbocycles. The molecule has 28 heavy (non-hydrogen) atoms. The van der Waals surface area contributed by atoms with E-state index in [1.165, 1.54) is 6.26 Å². The fourth-order valence-corrected chi connectivity index (χ4v) is 4.25. The molecule has 1 aliphatic heterocycles. The molecule has 9 heteroatoms. The summed E-state index contributed by atoms with van der Waals surface area (Å²) in [6, 6.07) is 6.85. The summed E-state index contributed by atoms with van der Waals surface area (Å²) in [4.78, 5) is 23.7. The number of amides is 1. The number of nitrogens with zero attached hydrogens (tertiary/aromatic N) is 5. The maximum absolute atomic E-state index is 12.9. The summed E-state index contributed by atoms with van der Waals surface area (Å²) < 4.78 is 25.3. The van der Waals surface area contributed by atoms with Crippen molar-refractivity contribution >= 4 is 27.2 Å². The Morgan fingerprint density at radius 3 is 2.71 bits per heavy atom. The lowest BCUT2D eigenvalue weighted by atomic mass is 10.0. The Morgan fingerprint density at radius 2 is 1.96 bits per heavy atom. The topological polar surface area (TPSA) is 97.5 Å². The standard InChI is InChI=1S/C19H21N5O3S/c1-12-9-13(2)24-19(20-12)21-17(22-24)11-18(25)23-8-4-5-14-10-15(28(3,26)27)6-7-16(14)23/h6-7,9-10H,4-5,8,11H2,1-3H3. The van der Waals surface area contributed by atoms with Crippen LogP contribution in [0.3, 0.4) is 0 Å². The fourth-order valence-electron chi connectivity index (χ4n) is 3.58. The number of carbonyl (C=O) groups is 1. The molecule has 0 aliphatic carbocycles. The summed E-state index contributed by atoms with van der Waals surface area (Å²) in [5, 5.41) is 4.41. The van der Waals surface area contributed by atoms with Gasteiger partial charge in [-0.2, -0.15) is 4.98 Å². The minimum Gasteiger partial charge on any atom is -0.312 e. The zero-order valence-corrected chi connectivity index (χ0v) is 16.8. The molecule has 0 fully saturated rings. The van der Waals surface area contributed by atoms with Gasteiger partial charge in [-0.05, 0) is 56.5 Å². The van der Waals surface area contributed by atoms with E-state index in [-0.39, 0.29) is 17.2 Å². The summed E-state index contributed by atoms with van der Waals surface area (Å²) in [7, 11) is -3.28. The Hall–Kier alpha value is -2.81. The predicted octanol–water partition coefficient (Wildman–Crippen LogP) is 1.67. The van der Waals surface area contributed by atoms with Crippen LogP contribution in [0.25, 0.3) is 5.78 Å². The van der Waals surface area contributed by atoms with Crippen LogP contribution in [0.5, 0.6) is 0 Å². The van der Waals surface area contributed by atoms with Crippen molar-refractivity contribution in [1.82, 2.24) is 19.6 Å². The van der Waals surface area contributed by atoms with Gasteiger partial charge in [0.05, 0.1) is 11.3 Å². The molecule has 0 atom stereocenters. The molecule has 0 unspecified atom stereocenters. The number of aromatic nitrogens is 4. The van der Waals surface area contributed by atoms with Gasteiger partial charge in [-0.1, -0.05) is 0 Å². The molecule has 146 valence electrons. The number of rotatable bonds is 3. The van der Waals surface area contributed by atoms with Crippen LogP contribution in [0.4, 0.5) is 5.69 Å². The van der Waals surface area contributed by atoms with Gasteiger partial charge in [-0.25, -0.2) is 17.9 Å². The molecular formula is C19H21N5O3S. The van der Waals surface area contributed by atoms with Crippen molar-refractivity contribution in [2.75, 3.05) is 17.7 Å². The Bertz CT molecular complexity index is 1200. The van der Waals surface area contributed by atoms with Gasteiger partial charge < -0.3 is 4.90 Å². The summed E-state index contributed by atoms with van der Waals surface area (Å²) in [6.45, 7) is 4.40. The van der Waals surface area contributed by atoms with E-state index in [0.717, 1.165) is 35.5 Å². The van der Waals surface area contributed by atoms with E-state index < -0.39 is 9.84 Å². The molecule has 4 rings (SSSR count). The van der Waals surface area contributed by atoms with Crippen molar-refractivity contribution in [3.05, 3.63) is 47.0 Å². The summed E-state index contributed by atoms with van der Waals surface area (Å²) in [5.41, 5.74) is 3.39. The normalized spacial score (nSPS) is 14.3. The van der Waals surface area contributed by atoms with Gasteiger partial charge in [-0.3, -0.25) is 4.79 Å². The van der Waals surface area contributed by atoms with Gasteiger partial charge in [0.25, 0.3) is 5.78 Å². The van der Waals surface area contributed by atoms with Crippen LogP contribution in [0, 0.1) is 13.8 Å². The molecule has 0 radical (unpaired) electrons. The van der Waals surface area contributed by atoms with Gasteiger partial charge in [-0.15, -0.1) is 5.10 Å². The Labute approximate surface area is 163 Å². The molecule has 2 aromatic heterocycles. The van der Waals surface area contributed by atoms with E-state index in [2.05, 4.69) is 15.1 Å². The third-order valence-electron chi connectivity index (χ3n) is 4.87. The Balaban J connectivity index is 1.62. The molecular weight excluding hydrogens is 378 g/mol. The zero-order valence-electron chi connectivity index (χ0n) is 16.0. The molecule has 1 aliphatic rings. The maximum Gasteiger partial charge on any atom is 0.252 e. The number of benzene rings is 1. The minimum absolute atomic E-state index is 0.0646. The van der Waals surface area contributed by atoms with Gasteiger partial charge in [0.2, 0.25) is 5.91 Å². The molecule has 3 heterocycles. The highest BCUT2D eigenvalue weighted by Gasteiger charge is 2.25. The third kappa shape index (κ3) is 3.37. The van der Waals surface area contributed by atoms with Crippen LogP contribution in [-0.2, 0) is 27.5 Å². The van der Waals surface area contributed by atoms with E-state index in [0.29, 0.717) is 18.1 Å². The molecule has 1 amide bonds. The van der Waals surface area contributed by atoms with Crippen molar-refractivity contribution in [2.45, 2.75) is 38.0 Å². The molecule has 3 aromatic rings. The first-order valence-corrected chi connectivity index (χ1v) is 10.9. The van der Waals surface area contributed by atoms with Crippen LogP contribution in [-0.4, -0.2) is 46.7 Å². The zero-order chi connectivity index (χ0) is 20.1. The number of aryl methyl sites for hydroxylation is 3. The van der Waals surface area contributed by atoms with Crippen molar-refractivity contribution < 1.29 is 13.2 Å². The van der Waals surface area contributed by atoms with Crippen molar-refractivity contribution in [1.29, 1.82) is 0 Å². The third-order valence-corrected chi connectivity index (χ3v) is 5.98. The fraction of sp³-hybridized carbons (Fsp3) is 0.368. The number of carbonyl (C=O) groups excluding carboxylic acids is 1. The molecule has 0 saturated heterocycles. The van der Waals surface area contributed by atoms with Crippen LogP contribution >= 0.6 is 0 Å². The Kier molecular flexibility index (Phi) is 4.41. The van der Waals surface area contributed by atoms with E-state index in [1.807, 2.05) is 19.9 Å². The highest BCUT2D eigenvalue weighted by atomic mass is 32.2. The SMILES string of the molecule is Cc1cc(C)n2nc(CC(=O)N3CCCc4cc(S(C)(=O)=O)ccc43)nc2n1. The summed E-state index contributed by atoms with van der Waals surface area (Å²) >= 11 is 0. The maximum atomic E-state index is 12.9. The number of anilines is 1. The lowest BCUT2D eigenvalue weighted by Crippen LogP contribution is -2.36. The van der Waals surface area contributed by atoms with Gasteiger partial charge in [0, 0.05) is 29.9 Å². The lowest BCUT2D eigenvalue weighted by molar-refractivity contribution is -0.118. The van der Waals surface area contributed by atoms with E-state index >= 15 is 0 Å². The quantitative estimate of drug-likeness (QED) is 0.664. The first-order chi connectivity index (χ1) is 13.2.